The van der Waals surface area contributed by atoms with Crippen molar-refractivity contribution < 1.29 is 0 Å². The fourth-order valence-electron chi connectivity index (χ4n) is 2.00. The van der Waals surface area contributed by atoms with E-state index in [4.69, 9.17) is 0 Å². The Morgan fingerprint density at radius 1 is 1.11 bits per heavy atom. The minimum absolute atomic E-state index is 0.806. The molecule has 5 nitrogen and oxygen atoms in total. The molecular weight excluding hydrogens is 238 g/mol. The summed E-state index contributed by atoms with van der Waals surface area (Å²) < 4.78 is 1.92. The van der Waals surface area contributed by atoms with E-state index in [1.807, 2.05) is 41.2 Å². The van der Waals surface area contributed by atoms with Crippen molar-refractivity contribution in [3.8, 4) is 0 Å². The highest BCUT2D eigenvalue weighted by Crippen LogP contribution is 2.08. The summed E-state index contributed by atoms with van der Waals surface area (Å²) in [5, 5.41) is 11.7. The highest BCUT2D eigenvalue weighted by atomic mass is 15.4. The molecule has 19 heavy (non-hydrogen) atoms. The molecule has 2 heterocycles. The maximum atomic E-state index is 4.15. The van der Waals surface area contributed by atoms with Crippen molar-refractivity contribution >= 4 is 11.0 Å². The van der Waals surface area contributed by atoms with E-state index in [1.165, 1.54) is 5.56 Å². The summed E-state index contributed by atoms with van der Waals surface area (Å²) in [4.78, 5) is 4.09. The lowest BCUT2D eigenvalue weighted by Gasteiger charge is -2.05. The molecule has 1 N–H and O–H groups in total. The van der Waals surface area contributed by atoms with Gasteiger partial charge in [-0.25, -0.2) is 4.68 Å². The van der Waals surface area contributed by atoms with Crippen LogP contribution in [-0.2, 0) is 13.1 Å². The van der Waals surface area contributed by atoms with Gasteiger partial charge >= 0.3 is 0 Å². The molecule has 0 spiro atoms. The van der Waals surface area contributed by atoms with Crippen LogP contribution in [0.2, 0.25) is 0 Å². The van der Waals surface area contributed by atoms with Crippen LogP contribution < -0.4 is 5.32 Å². The lowest BCUT2D eigenvalue weighted by molar-refractivity contribution is 0.552. The fraction of sp³-hybridized carbons (Fsp3) is 0.214. The standard InChI is InChI=1S/C14H15N5/c1-2-6-14-13(5-1)17-18-19(14)9-8-16-11-12-4-3-7-15-10-12/h1-7,10,16H,8-9,11H2. The molecule has 0 saturated heterocycles. The van der Waals surface area contributed by atoms with E-state index in [1.54, 1.807) is 6.20 Å². The third-order valence-electron chi connectivity index (χ3n) is 2.97. The number of fused-ring (bicyclic) bond motifs is 1. The molecule has 3 rings (SSSR count). The molecule has 0 aliphatic heterocycles. The van der Waals surface area contributed by atoms with Crippen LogP contribution in [0.1, 0.15) is 5.56 Å². The van der Waals surface area contributed by atoms with Gasteiger partial charge in [0.2, 0.25) is 0 Å². The lowest BCUT2D eigenvalue weighted by atomic mass is 10.3. The first-order chi connectivity index (χ1) is 9.43. The lowest BCUT2D eigenvalue weighted by Crippen LogP contribution is -2.20. The van der Waals surface area contributed by atoms with Gasteiger partial charge in [0.1, 0.15) is 5.52 Å². The Hall–Kier alpha value is -2.27. The maximum Gasteiger partial charge on any atom is 0.113 e. The molecule has 0 atom stereocenters. The molecule has 0 bridgehead atoms. The van der Waals surface area contributed by atoms with Gasteiger partial charge in [-0.3, -0.25) is 4.98 Å². The molecular formula is C14H15N5. The summed E-state index contributed by atoms with van der Waals surface area (Å²) in [6.45, 7) is 2.48. The molecule has 0 fully saturated rings. The molecule has 96 valence electrons. The van der Waals surface area contributed by atoms with E-state index in [2.05, 4.69) is 26.7 Å². The van der Waals surface area contributed by atoms with Gasteiger partial charge < -0.3 is 5.32 Å². The molecule has 0 aliphatic carbocycles. The quantitative estimate of drug-likeness (QED) is 0.702. The molecule has 0 radical (unpaired) electrons. The van der Waals surface area contributed by atoms with E-state index >= 15 is 0 Å². The number of hydrogen-bond acceptors (Lipinski definition) is 4. The minimum atomic E-state index is 0.806. The molecule has 0 aliphatic rings. The Labute approximate surface area is 111 Å². The number of hydrogen-bond donors (Lipinski definition) is 1. The second-order valence-electron chi connectivity index (χ2n) is 4.34. The van der Waals surface area contributed by atoms with E-state index in [0.29, 0.717) is 0 Å². The van der Waals surface area contributed by atoms with Gasteiger partial charge in [0.25, 0.3) is 0 Å². The van der Waals surface area contributed by atoms with Crippen LogP contribution in [-0.4, -0.2) is 26.5 Å². The number of nitrogens with zero attached hydrogens (tertiary/aromatic N) is 4. The minimum Gasteiger partial charge on any atom is -0.311 e. The van der Waals surface area contributed by atoms with Crippen molar-refractivity contribution in [2.24, 2.45) is 0 Å². The second kappa shape index (κ2) is 5.58. The predicted octanol–water partition coefficient (Wildman–Crippen LogP) is 1.62. The number of aromatic nitrogens is 4. The summed E-state index contributed by atoms with van der Waals surface area (Å²) in [5.41, 5.74) is 3.20. The molecule has 5 heteroatoms. The van der Waals surface area contributed by atoms with Gasteiger partial charge in [-0.2, -0.15) is 0 Å². The number of nitrogens with one attached hydrogen (secondary N) is 1. The first kappa shape index (κ1) is 11.8. The summed E-state index contributed by atoms with van der Waals surface area (Å²) in [5.74, 6) is 0. The van der Waals surface area contributed by atoms with Crippen LogP contribution in [0, 0.1) is 0 Å². The van der Waals surface area contributed by atoms with E-state index in [0.717, 1.165) is 30.7 Å². The summed E-state index contributed by atoms with van der Waals surface area (Å²) >= 11 is 0. The predicted molar refractivity (Wildman–Crippen MR) is 73.5 cm³/mol. The Bertz CT molecular complexity index is 647. The highest BCUT2D eigenvalue weighted by Gasteiger charge is 2.02. The number of benzene rings is 1. The van der Waals surface area contributed by atoms with Gasteiger partial charge in [0, 0.05) is 25.5 Å². The Balaban J connectivity index is 1.55. The van der Waals surface area contributed by atoms with Crippen LogP contribution in [0.5, 0.6) is 0 Å². The van der Waals surface area contributed by atoms with E-state index < -0.39 is 0 Å². The van der Waals surface area contributed by atoms with Crippen LogP contribution in [0.25, 0.3) is 11.0 Å². The summed E-state index contributed by atoms with van der Waals surface area (Å²) in [6.07, 6.45) is 3.66. The van der Waals surface area contributed by atoms with Crippen LogP contribution in [0.15, 0.2) is 48.8 Å². The van der Waals surface area contributed by atoms with Crippen LogP contribution >= 0.6 is 0 Å². The smallest absolute Gasteiger partial charge is 0.113 e. The summed E-state index contributed by atoms with van der Waals surface area (Å²) in [7, 11) is 0. The van der Waals surface area contributed by atoms with Crippen molar-refractivity contribution in [1.82, 2.24) is 25.3 Å². The monoisotopic (exact) mass is 253 g/mol. The first-order valence-corrected chi connectivity index (χ1v) is 6.31. The zero-order chi connectivity index (χ0) is 12.9. The van der Waals surface area contributed by atoms with E-state index in [9.17, 15) is 0 Å². The third-order valence-corrected chi connectivity index (χ3v) is 2.97. The van der Waals surface area contributed by atoms with Gasteiger partial charge in [-0.15, -0.1) is 5.10 Å². The second-order valence-corrected chi connectivity index (χ2v) is 4.34. The van der Waals surface area contributed by atoms with Crippen LogP contribution in [0.3, 0.4) is 0 Å². The van der Waals surface area contributed by atoms with Crippen molar-refractivity contribution in [2.45, 2.75) is 13.1 Å². The summed E-state index contributed by atoms with van der Waals surface area (Å²) in [6, 6.07) is 12.0. The Morgan fingerprint density at radius 2 is 2.05 bits per heavy atom. The normalized spacial score (nSPS) is 10.9. The Kier molecular flexibility index (Phi) is 3.47. The molecule has 0 unspecified atom stereocenters. The highest BCUT2D eigenvalue weighted by molar-refractivity contribution is 5.73. The largest absolute Gasteiger partial charge is 0.311 e. The number of pyridine rings is 1. The molecule has 0 amide bonds. The average molecular weight is 253 g/mol. The zero-order valence-electron chi connectivity index (χ0n) is 10.5. The van der Waals surface area contributed by atoms with Gasteiger partial charge in [0.15, 0.2) is 0 Å². The molecule has 2 aromatic heterocycles. The van der Waals surface area contributed by atoms with Crippen LogP contribution in [0.4, 0.5) is 0 Å². The van der Waals surface area contributed by atoms with Crippen molar-refractivity contribution in [3.63, 3.8) is 0 Å². The number of para-hydroxylation sites is 1. The third kappa shape index (κ3) is 2.77. The van der Waals surface area contributed by atoms with Crippen molar-refractivity contribution in [2.75, 3.05) is 6.54 Å². The Morgan fingerprint density at radius 3 is 2.95 bits per heavy atom. The fourth-order valence-corrected chi connectivity index (χ4v) is 2.00. The average Bonchev–Trinajstić information content (AvgIpc) is 2.88. The number of rotatable bonds is 5. The molecule has 3 aromatic rings. The molecule has 0 saturated carbocycles. The zero-order valence-corrected chi connectivity index (χ0v) is 10.5. The van der Waals surface area contributed by atoms with Gasteiger partial charge in [-0.1, -0.05) is 23.4 Å². The molecule has 1 aromatic carbocycles. The maximum absolute atomic E-state index is 4.15. The van der Waals surface area contributed by atoms with Crippen molar-refractivity contribution in [3.05, 3.63) is 54.4 Å². The van der Waals surface area contributed by atoms with Gasteiger partial charge in [-0.05, 0) is 23.8 Å². The topological polar surface area (TPSA) is 55.6 Å². The van der Waals surface area contributed by atoms with Gasteiger partial charge in [0.05, 0.1) is 12.1 Å². The first-order valence-electron chi connectivity index (χ1n) is 6.31. The van der Waals surface area contributed by atoms with E-state index in [-0.39, 0.29) is 0 Å². The SMILES string of the molecule is c1cncc(CNCCn2nnc3ccccc32)c1. The van der Waals surface area contributed by atoms with Crippen molar-refractivity contribution in [1.29, 1.82) is 0 Å².